The molecule has 4 rings (SSSR count). The lowest BCUT2D eigenvalue weighted by atomic mass is 9.85. The quantitative estimate of drug-likeness (QED) is 0.865. The molecular formula is C19H22N4O. The van der Waals surface area contributed by atoms with Crippen molar-refractivity contribution in [2.24, 2.45) is 5.92 Å². The third kappa shape index (κ3) is 3.17. The molecule has 4 heterocycles. The van der Waals surface area contributed by atoms with E-state index in [4.69, 9.17) is 0 Å². The maximum atomic E-state index is 13.0. The van der Waals surface area contributed by atoms with Gasteiger partial charge in [0.2, 0.25) is 5.91 Å². The van der Waals surface area contributed by atoms with Gasteiger partial charge in [0.1, 0.15) is 0 Å². The van der Waals surface area contributed by atoms with Crippen molar-refractivity contribution in [3.8, 4) is 0 Å². The van der Waals surface area contributed by atoms with E-state index >= 15 is 0 Å². The predicted molar refractivity (Wildman–Crippen MR) is 90.8 cm³/mol. The zero-order valence-electron chi connectivity index (χ0n) is 13.7. The van der Waals surface area contributed by atoms with Gasteiger partial charge in [0.25, 0.3) is 0 Å². The van der Waals surface area contributed by atoms with Gasteiger partial charge >= 0.3 is 0 Å². The van der Waals surface area contributed by atoms with E-state index in [1.165, 1.54) is 5.56 Å². The van der Waals surface area contributed by atoms with Crippen LogP contribution in [-0.2, 0) is 17.9 Å². The molecule has 0 saturated carbocycles. The Morgan fingerprint density at radius 3 is 2.88 bits per heavy atom. The molecule has 2 fully saturated rings. The van der Waals surface area contributed by atoms with Crippen LogP contribution in [0.1, 0.15) is 24.1 Å². The minimum absolute atomic E-state index is 0.00131. The molecule has 1 amide bonds. The molecule has 5 nitrogen and oxygen atoms in total. The maximum Gasteiger partial charge on any atom is 0.240 e. The molecule has 2 aliphatic heterocycles. The lowest BCUT2D eigenvalue weighted by Gasteiger charge is -2.46. The van der Waals surface area contributed by atoms with E-state index in [2.05, 4.69) is 20.9 Å². The number of fused-ring (bicyclic) bond motifs is 2. The van der Waals surface area contributed by atoms with Crippen molar-refractivity contribution < 1.29 is 4.79 Å². The molecule has 0 aliphatic carbocycles. The van der Waals surface area contributed by atoms with Gasteiger partial charge in [-0.25, -0.2) is 0 Å². The van der Waals surface area contributed by atoms with Gasteiger partial charge in [0, 0.05) is 31.7 Å². The minimum atomic E-state index is 0.00131. The van der Waals surface area contributed by atoms with Crippen LogP contribution < -0.4 is 0 Å². The molecule has 2 saturated heterocycles. The van der Waals surface area contributed by atoms with Gasteiger partial charge in [-0.3, -0.25) is 19.7 Å². The van der Waals surface area contributed by atoms with Crippen LogP contribution in [0.15, 0.2) is 48.9 Å². The number of rotatable bonds is 4. The van der Waals surface area contributed by atoms with Crippen molar-refractivity contribution in [1.82, 2.24) is 19.8 Å². The fraction of sp³-hybridized carbons (Fsp3) is 0.421. The summed E-state index contributed by atoms with van der Waals surface area (Å²) in [4.78, 5) is 25.9. The summed E-state index contributed by atoms with van der Waals surface area (Å²) < 4.78 is 0. The first-order chi connectivity index (χ1) is 11.8. The van der Waals surface area contributed by atoms with Crippen molar-refractivity contribution in [3.05, 3.63) is 60.2 Å². The van der Waals surface area contributed by atoms with Gasteiger partial charge < -0.3 is 4.90 Å². The van der Waals surface area contributed by atoms with E-state index in [0.29, 0.717) is 12.5 Å². The van der Waals surface area contributed by atoms with Gasteiger partial charge in [0.15, 0.2) is 0 Å². The second-order valence-electron chi connectivity index (χ2n) is 6.78. The minimum Gasteiger partial charge on any atom is -0.335 e. The second kappa shape index (κ2) is 6.69. The Morgan fingerprint density at radius 1 is 1.12 bits per heavy atom. The van der Waals surface area contributed by atoms with Crippen LogP contribution in [0.25, 0.3) is 0 Å². The molecule has 0 unspecified atom stereocenters. The van der Waals surface area contributed by atoms with Crippen LogP contribution in [-0.4, -0.2) is 44.8 Å². The summed E-state index contributed by atoms with van der Waals surface area (Å²) in [5, 5.41) is 0. The van der Waals surface area contributed by atoms with Crippen molar-refractivity contribution in [3.63, 3.8) is 0 Å². The fourth-order valence-electron chi connectivity index (χ4n) is 3.87. The van der Waals surface area contributed by atoms with Crippen LogP contribution in [0.2, 0.25) is 0 Å². The molecule has 2 aromatic rings. The topological polar surface area (TPSA) is 49.3 Å². The largest absolute Gasteiger partial charge is 0.335 e. The number of carbonyl (C=O) groups is 1. The Labute approximate surface area is 142 Å². The molecule has 2 bridgehead atoms. The van der Waals surface area contributed by atoms with Gasteiger partial charge in [-0.1, -0.05) is 12.1 Å². The third-order valence-corrected chi connectivity index (χ3v) is 5.08. The number of carbonyl (C=O) groups excluding carboxylic acids is 1. The Hall–Kier alpha value is -2.27. The molecular weight excluding hydrogens is 300 g/mol. The molecule has 2 aliphatic rings. The number of likely N-dealkylation sites (tertiary alicyclic amines) is 2. The number of hydrogen-bond acceptors (Lipinski definition) is 4. The summed E-state index contributed by atoms with van der Waals surface area (Å²) in [7, 11) is 0. The first-order valence-electron chi connectivity index (χ1n) is 8.61. The third-order valence-electron chi connectivity index (χ3n) is 5.08. The molecule has 124 valence electrons. The summed E-state index contributed by atoms with van der Waals surface area (Å²) >= 11 is 0. The molecule has 0 N–H and O–H groups in total. The van der Waals surface area contributed by atoms with Crippen molar-refractivity contribution in [2.75, 3.05) is 13.1 Å². The van der Waals surface area contributed by atoms with E-state index < -0.39 is 0 Å². The van der Waals surface area contributed by atoms with E-state index in [1.54, 1.807) is 12.4 Å². The van der Waals surface area contributed by atoms with Crippen LogP contribution in [0.3, 0.4) is 0 Å². The Morgan fingerprint density at radius 2 is 2.08 bits per heavy atom. The Bertz CT molecular complexity index is 691. The fourth-order valence-corrected chi connectivity index (χ4v) is 3.87. The predicted octanol–water partition coefficient (Wildman–Crippen LogP) is 2.10. The van der Waals surface area contributed by atoms with E-state index in [9.17, 15) is 4.79 Å². The number of amides is 1. The summed E-state index contributed by atoms with van der Waals surface area (Å²) in [6.07, 6.45) is 7.61. The first kappa shape index (κ1) is 15.3. The van der Waals surface area contributed by atoms with E-state index in [1.807, 2.05) is 35.4 Å². The van der Waals surface area contributed by atoms with Gasteiger partial charge in [-0.15, -0.1) is 0 Å². The second-order valence-corrected chi connectivity index (χ2v) is 6.78. The highest BCUT2D eigenvalue weighted by Gasteiger charge is 2.41. The zero-order chi connectivity index (χ0) is 16.4. The molecule has 0 radical (unpaired) electrons. The average molecular weight is 322 g/mol. The molecule has 24 heavy (non-hydrogen) atoms. The van der Waals surface area contributed by atoms with Crippen molar-refractivity contribution in [1.29, 1.82) is 0 Å². The molecule has 5 heteroatoms. The average Bonchev–Trinajstić information content (AvgIpc) is 2.63. The smallest absolute Gasteiger partial charge is 0.240 e. The van der Waals surface area contributed by atoms with Crippen LogP contribution in [0.4, 0.5) is 0 Å². The number of piperidine rings is 2. The standard InChI is InChI=1S/C19H22N4O/c24-19-18-10-15(12-23(19)14-17-5-1-2-8-21-17)6-9-22(18)13-16-4-3-7-20-11-16/h1-5,7-8,11,15,18H,6,9-10,12-14H2/t15-,18+/m0/s1. The Kier molecular flexibility index (Phi) is 4.26. The van der Waals surface area contributed by atoms with Crippen LogP contribution >= 0.6 is 0 Å². The van der Waals surface area contributed by atoms with Gasteiger partial charge in [-0.05, 0) is 49.1 Å². The highest BCUT2D eigenvalue weighted by molar-refractivity contribution is 5.83. The van der Waals surface area contributed by atoms with E-state index in [0.717, 1.165) is 38.2 Å². The Balaban J connectivity index is 1.48. The SMILES string of the molecule is O=C1[C@H]2C[C@H](CCN2Cc2cccnc2)CN1Cc1ccccn1. The monoisotopic (exact) mass is 322 g/mol. The summed E-state index contributed by atoms with van der Waals surface area (Å²) in [6, 6.07) is 9.92. The van der Waals surface area contributed by atoms with E-state index in [-0.39, 0.29) is 11.9 Å². The molecule has 2 aromatic heterocycles. The molecule has 0 aromatic carbocycles. The number of pyridine rings is 2. The number of hydrogen-bond donors (Lipinski definition) is 0. The van der Waals surface area contributed by atoms with Crippen LogP contribution in [0, 0.1) is 5.92 Å². The first-order valence-corrected chi connectivity index (χ1v) is 8.61. The highest BCUT2D eigenvalue weighted by Crippen LogP contribution is 2.31. The highest BCUT2D eigenvalue weighted by atomic mass is 16.2. The number of aromatic nitrogens is 2. The van der Waals surface area contributed by atoms with Crippen molar-refractivity contribution in [2.45, 2.75) is 32.0 Å². The summed E-state index contributed by atoms with van der Waals surface area (Å²) in [5.74, 6) is 0.863. The lowest BCUT2D eigenvalue weighted by Crippen LogP contribution is -2.58. The zero-order valence-corrected chi connectivity index (χ0v) is 13.7. The van der Waals surface area contributed by atoms with Gasteiger partial charge in [0.05, 0.1) is 18.3 Å². The van der Waals surface area contributed by atoms with Crippen LogP contribution in [0.5, 0.6) is 0 Å². The molecule has 0 spiro atoms. The maximum absolute atomic E-state index is 13.0. The van der Waals surface area contributed by atoms with Gasteiger partial charge in [-0.2, -0.15) is 0 Å². The normalized spacial score (nSPS) is 24.2. The van der Waals surface area contributed by atoms with Crippen molar-refractivity contribution >= 4 is 5.91 Å². The lowest BCUT2D eigenvalue weighted by molar-refractivity contribution is -0.146. The summed E-state index contributed by atoms with van der Waals surface area (Å²) in [6.45, 7) is 3.28. The summed E-state index contributed by atoms with van der Waals surface area (Å²) in [5.41, 5.74) is 2.13. The molecule has 2 atom stereocenters. The number of nitrogens with zero attached hydrogens (tertiary/aromatic N) is 4.